The molecule has 3 heteroatoms. The zero-order valence-corrected chi connectivity index (χ0v) is 25.9. The van der Waals surface area contributed by atoms with Crippen LogP contribution in [0, 0.1) is 0 Å². The Balaban J connectivity index is 1.31. The first-order valence-corrected chi connectivity index (χ1v) is 15.7. The van der Waals surface area contributed by atoms with E-state index in [1.807, 2.05) is 109 Å². The third kappa shape index (κ3) is 5.58. The predicted molar refractivity (Wildman–Crippen MR) is 202 cm³/mol. The van der Waals surface area contributed by atoms with Crippen molar-refractivity contribution in [1.82, 2.24) is 9.97 Å². The van der Waals surface area contributed by atoms with Crippen molar-refractivity contribution in [3.8, 4) is 67.3 Å². The summed E-state index contributed by atoms with van der Waals surface area (Å²) in [6.45, 7) is 0. The van der Waals surface area contributed by atoms with Gasteiger partial charge >= 0.3 is 0 Å². The largest absolute Gasteiger partial charge is 0.456 e. The smallest absolute Gasteiger partial charge is 0.160 e. The van der Waals surface area contributed by atoms with E-state index in [2.05, 4.69) is 12.1 Å². The molecule has 0 aliphatic heterocycles. The Morgan fingerprint density at radius 3 is 1.80 bits per heavy atom. The lowest BCUT2D eigenvalue weighted by atomic mass is 9.93. The number of rotatable bonds is 6. The summed E-state index contributed by atoms with van der Waals surface area (Å²) in [5, 5.41) is 1.97. The molecule has 0 aliphatic rings. The molecule has 0 amide bonds. The molecule has 0 aliphatic carbocycles. The van der Waals surface area contributed by atoms with E-state index in [9.17, 15) is 1.37 Å². The maximum absolute atomic E-state index is 9.41. The second-order valence-corrected chi connectivity index (χ2v) is 11.6. The lowest BCUT2D eigenvalue weighted by Gasteiger charge is -2.14. The molecule has 230 valence electrons. The molecule has 0 radical (unpaired) electrons. The molecule has 9 aromatic rings. The van der Waals surface area contributed by atoms with E-state index in [0.29, 0.717) is 16.8 Å². The van der Waals surface area contributed by atoms with Gasteiger partial charge < -0.3 is 4.42 Å². The molecule has 7 aromatic carbocycles. The van der Waals surface area contributed by atoms with Crippen LogP contribution in [0.25, 0.3) is 89.2 Å². The topological polar surface area (TPSA) is 38.9 Å². The van der Waals surface area contributed by atoms with Gasteiger partial charge in [0.2, 0.25) is 0 Å². The Kier molecular flexibility index (Phi) is 5.14. The van der Waals surface area contributed by atoms with Crippen LogP contribution in [0.5, 0.6) is 0 Å². The zero-order chi connectivity index (χ0) is 40.4. The first kappa shape index (κ1) is 20.6. The van der Waals surface area contributed by atoms with E-state index in [4.69, 9.17) is 25.4 Å². The van der Waals surface area contributed by atoms with Crippen molar-refractivity contribution in [2.24, 2.45) is 0 Å². The van der Waals surface area contributed by atoms with Gasteiger partial charge in [-0.1, -0.05) is 133 Å². The van der Waals surface area contributed by atoms with Crippen LogP contribution in [-0.4, -0.2) is 9.97 Å². The molecule has 0 bridgehead atoms. The number of benzene rings is 7. The van der Waals surface area contributed by atoms with Crippen LogP contribution < -0.4 is 0 Å². The number of fused-ring (bicyclic) bond motifs is 3. The third-order valence-corrected chi connectivity index (χ3v) is 8.44. The van der Waals surface area contributed by atoms with Crippen molar-refractivity contribution in [2.75, 3.05) is 0 Å². The number of nitrogens with zero attached hydrogens (tertiary/aromatic N) is 2. The summed E-state index contributed by atoms with van der Waals surface area (Å²) >= 11 is 0. The second kappa shape index (κ2) is 12.2. The molecule has 0 atom stereocenters. The number of hydrogen-bond donors (Lipinski definition) is 0. The van der Waals surface area contributed by atoms with Crippen molar-refractivity contribution < 1.29 is 16.8 Å². The monoisotopic (exact) mass is 635 g/mol. The maximum atomic E-state index is 9.41. The van der Waals surface area contributed by atoms with E-state index in [-0.39, 0.29) is 22.6 Å². The van der Waals surface area contributed by atoms with E-state index >= 15 is 0 Å². The minimum atomic E-state index is -0.636. The molecular formula is C46H30N2O. The van der Waals surface area contributed by atoms with Crippen LogP contribution in [0.2, 0.25) is 0 Å². The van der Waals surface area contributed by atoms with Crippen molar-refractivity contribution in [2.45, 2.75) is 0 Å². The Hall–Kier alpha value is -6.58. The SMILES string of the molecule is [2H]c1c([2H])c([2H])c(-c2c([2H])c([2H])c([2H])c(-c3cc(-c4cc(-c5ccccc5)cc(-c5ccc6oc7ccccc7c6c5)c4)nc(-c4ccccc4)n3)c2[2H])c([2H])c1[2H]. The van der Waals surface area contributed by atoms with Crippen molar-refractivity contribution in [1.29, 1.82) is 0 Å². The van der Waals surface area contributed by atoms with Gasteiger partial charge in [0.1, 0.15) is 11.2 Å². The summed E-state index contributed by atoms with van der Waals surface area (Å²) in [5.41, 5.74) is 6.26. The first-order valence-electron chi connectivity index (χ1n) is 20.2. The maximum Gasteiger partial charge on any atom is 0.160 e. The van der Waals surface area contributed by atoms with Crippen LogP contribution in [-0.2, 0) is 0 Å². The number of furan rings is 1. The molecule has 0 saturated carbocycles. The molecule has 0 saturated heterocycles. The summed E-state index contributed by atoms with van der Waals surface area (Å²) in [4.78, 5) is 9.86. The Labute approximate surface area is 297 Å². The van der Waals surface area contributed by atoms with Crippen molar-refractivity contribution in [3.05, 3.63) is 182 Å². The van der Waals surface area contributed by atoms with Crippen molar-refractivity contribution >= 4 is 21.9 Å². The Bertz CT molecular complexity index is 3080. The average Bonchev–Trinajstić information content (AvgIpc) is 3.64. The van der Waals surface area contributed by atoms with Crippen LogP contribution in [0.4, 0.5) is 0 Å². The predicted octanol–water partition coefficient (Wildman–Crippen LogP) is 12.4. The number of hydrogen-bond acceptors (Lipinski definition) is 3. The molecule has 0 unspecified atom stereocenters. The van der Waals surface area contributed by atoms with E-state index in [1.54, 1.807) is 6.07 Å². The number of aromatic nitrogens is 2. The summed E-state index contributed by atoms with van der Waals surface area (Å²) in [5.74, 6) is 0.274. The van der Waals surface area contributed by atoms with Gasteiger partial charge in [-0.3, -0.25) is 0 Å². The summed E-state index contributed by atoms with van der Waals surface area (Å²) in [6, 6.07) is 35.7. The minimum Gasteiger partial charge on any atom is -0.456 e. The lowest BCUT2D eigenvalue weighted by molar-refractivity contribution is 0.669. The molecule has 2 heterocycles. The molecule has 0 N–H and O–H groups in total. The lowest BCUT2D eigenvalue weighted by Crippen LogP contribution is -1.96. The van der Waals surface area contributed by atoms with Gasteiger partial charge in [-0.25, -0.2) is 9.97 Å². The van der Waals surface area contributed by atoms with E-state index < -0.39 is 59.9 Å². The summed E-state index contributed by atoms with van der Waals surface area (Å²) < 4.78 is 84.1. The molecule has 0 spiro atoms. The number of para-hydroxylation sites is 1. The standard InChI is InChI=1S/C46H30N2O/c1-4-13-31(14-5-1)34-19-12-20-36(25-34)42-30-43(48-46(47-42)33-17-8-3-9-18-33)39-27-37(32-15-6-2-7-16-32)26-38(28-39)35-23-24-45-41(29-35)40-21-10-11-22-44(40)49-45/h1-30H/i1D,4D,5D,12D,13D,14D,19D,20D,25D. The van der Waals surface area contributed by atoms with E-state index in [1.165, 1.54) is 0 Å². The fourth-order valence-corrected chi connectivity index (χ4v) is 6.06. The summed E-state index contributed by atoms with van der Waals surface area (Å²) in [6.07, 6.45) is 0. The van der Waals surface area contributed by atoms with E-state index in [0.717, 1.165) is 44.2 Å². The molecule has 49 heavy (non-hydrogen) atoms. The highest BCUT2D eigenvalue weighted by atomic mass is 16.3. The molecule has 3 nitrogen and oxygen atoms in total. The normalized spacial score (nSPS) is 13.8. The Morgan fingerprint density at radius 1 is 0.388 bits per heavy atom. The molecule has 2 aromatic heterocycles. The van der Waals surface area contributed by atoms with Gasteiger partial charge in [0.15, 0.2) is 5.82 Å². The highest BCUT2D eigenvalue weighted by Gasteiger charge is 2.15. The van der Waals surface area contributed by atoms with Crippen molar-refractivity contribution in [3.63, 3.8) is 0 Å². The first-order chi connectivity index (χ1) is 28.0. The van der Waals surface area contributed by atoms with Gasteiger partial charge in [-0.2, -0.15) is 0 Å². The van der Waals surface area contributed by atoms with Crippen LogP contribution in [0.15, 0.2) is 186 Å². The zero-order valence-electron chi connectivity index (χ0n) is 34.9. The molecule has 9 rings (SSSR count). The van der Waals surface area contributed by atoms with Gasteiger partial charge in [-0.15, -0.1) is 0 Å². The van der Waals surface area contributed by atoms with Gasteiger partial charge in [0, 0.05) is 27.5 Å². The highest BCUT2D eigenvalue weighted by molar-refractivity contribution is 6.06. The average molecular weight is 636 g/mol. The second-order valence-electron chi connectivity index (χ2n) is 11.6. The van der Waals surface area contributed by atoms with Gasteiger partial charge in [0.25, 0.3) is 0 Å². The highest BCUT2D eigenvalue weighted by Crippen LogP contribution is 2.37. The Morgan fingerprint density at radius 2 is 1.00 bits per heavy atom. The fourth-order valence-electron chi connectivity index (χ4n) is 6.06. The van der Waals surface area contributed by atoms with Gasteiger partial charge in [0.05, 0.1) is 23.7 Å². The fraction of sp³-hybridized carbons (Fsp3) is 0. The van der Waals surface area contributed by atoms with Gasteiger partial charge in [-0.05, 0) is 81.9 Å². The molecule has 0 fully saturated rings. The molecular weight excluding hydrogens is 597 g/mol. The minimum absolute atomic E-state index is 0.0962. The van der Waals surface area contributed by atoms with Crippen LogP contribution in [0.1, 0.15) is 12.3 Å². The quantitative estimate of drug-likeness (QED) is 0.182. The summed E-state index contributed by atoms with van der Waals surface area (Å²) in [7, 11) is 0. The van der Waals surface area contributed by atoms with Crippen LogP contribution in [0.3, 0.4) is 0 Å². The van der Waals surface area contributed by atoms with Crippen LogP contribution >= 0.6 is 0 Å². The third-order valence-electron chi connectivity index (χ3n) is 8.44.